The van der Waals surface area contributed by atoms with Crippen LogP contribution in [0.15, 0.2) is 12.1 Å². The van der Waals surface area contributed by atoms with Gasteiger partial charge in [-0.2, -0.15) is 0 Å². The summed E-state index contributed by atoms with van der Waals surface area (Å²) in [5.74, 6) is 0.713. The summed E-state index contributed by atoms with van der Waals surface area (Å²) in [6.07, 6.45) is 3.25. The van der Waals surface area contributed by atoms with E-state index < -0.39 is 5.60 Å². The van der Waals surface area contributed by atoms with Crippen LogP contribution < -0.4 is 9.64 Å². The fraction of sp³-hybridized carbons (Fsp3) is 0.562. The number of amides is 1. The summed E-state index contributed by atoms with van der Waals surface area (Å²) in [6, 6.07) is 3.75. The molecule has 1 aliphatic rings. The van der Waals surface area contributed by atoms with E-state index in [4.69, 9.17) is 16.3 Å². The molecule has 0 N–H and O–H groups in total. The van der Waals surface area contributed by atoms with Crippen molar-refractivity contribution >= 4 is 23.2 Å². The van der Waals surface area contributed by atoms with Crippen molar-refractivity contribution in [3.05, 3.63) is 22.7 Å². The van der Waals surface area contributed by atoms with Crippen LogP contribution in [0.5, 0.6) is 5.75 Å². The van der Waals surface area contributed by atoms with E-state index in [0.29, 0.717) is 10.8 Å². The number of unbranched alkanes of at least 4 members (excludes halogenated alkanes) is 2. The average Bonchev–Trinajstić information content (AvgIpc) is 2.37. The number of carbonyl (C=O) groups excluding carboxylic acids is 1. The number of aryl methyl sites for hydroxylation is 1. The van der Waals surface area contributed by atoms with Gasteiger partial charge in [-0.3, -0.25) is 4.79 Å². The number of anilines is 1. The molecule has 110 valence electrons. The van der Waals surface area contributed by atoms with Crippen LogP contribution in [0.2, 0.25) is 5.02 Å². The highest BCUT2D eigenvalue weighted by Gasteiger charge is 2.40. The zero-order chi connectivity index (χ0) is 14.9. The second kappa shape index (κ2) is 5.65. The number of carbonyl (C=O) groups is 1. The van der Waals surface area contributed by atoms with Crippen molar-refractivity contribution in [2.75, 3.05) is 11.4 Å². The third kappa shape index (κ3) is 2.78. The molecule has 0 bridgehead atoms. The predicted octanol–water partition coefficient (Wildman–Crippen LogP) is 4.34. The first-order valence-corrected chi connectivity index (χ1v) is 7.55. The molecule has 1 aromatic rings. The van der Waals surface area contributed by atoms with E-state index in [1.165, 1.54) is 0 Å². The Hall–Kier alpha value is -1.22. The minimum atomic E-state index is -0.836. The molecule has 0 radical (unpaired) electrons. The van der Waals surface area contributed by atoms with E-state index in [2.05, 4.69) is 6.92 Å². The minimum Gasteiger partial charge on any atom is -0.476 e. The summed E-state index contributed by atoms with van der Waals surface area (Å²) in [5, 5.41) is 0.669. The maximum absolute atomic E-state index is 12.6. The van der Waals surface area contributed by atoms with Gasteiger partial charge in [0.25, 0.3) is 5.91 Å². The van der Waals surface area contributed by atoms with Crippen molar-refractivity contribution in [3.63, 3.8) is 0 Å². The van der Waals surface area contributed by atoms with Crippen molar-refractivity contribution in [1.82, 2.24) is 0 Å². The van der Waals surface area contributed by atoms with Gasteiger partial charge in [0.1, 0.15) is 5.75 Å². The molecule has 0 atom stereocenters. The molecule has 0 fully saturated rings. The highest BCUT2D eigenvalue weighted by atomic mass is 35.5. The van der Waals surface area contributed by atoms with E-state index in [0.717, 1.165) is 37.1 Å². The zero-order valence-electron chi connectivity index (χ0n) is 12.6. The Morgan fingerprint density at radius 2 is 2.00 bits per heavy atom. The lowest BCUT2D eigenvalue weighted by atomic mass is 10.0. The SMILES string of the molecule is CCCCCN1C(=O)C(C)(C)Oc2cc(Cl)c(C)cc21. The summed E-state index contributed by atoms with van der Waals surface area (Å²) in [7, 11) is 0. The number of fused-ring (bicyclic) bond motifs is 1. The van der Waals surface area contributed by atoms with Crippen molar-refractivity contribution < 1.29 is 9.53 Å². The zero-order valence-corrected chi connectivity index (χ0v) is 13.4. The molecule has 0 spiro atoms. The molecule has 0 aliphatic carbocycles. The Kier molecular flexibility index (Phi) is 4.28. The number of nitrogens with zero attached hydrogens (tertiary/aromatic N) is 1. The number of halogens is 1. The summed E-state index contributed by atoms with van der Waals surface area (Å²) < 4.78 is 5.83. The second-order valence-electron chi connectivity index (χ2n) is 5.85. The number of rotatable bonds is 4. The molecular formula is C16H22ClNO2. The Morgan fingerprint density at radius 1 is 1.30 bits per heavy atom. The summed E-state index contributed by atoms with van der Waals surface area (Å²) in [4.78, 5) is 14.4. The lowest BCUT2D eigenvalue weighted by Crippen LogP contribution is -2.52. The predicted molar refractivity (Wildman–Crippen MR) is 82.8 cm³/mol. The first-order valence-electron chi connectivity index (χ1n) is 7.18. The van der Waals surface area contributed by atoms with E-state index >= 15 is 0 Å². The van der Waals surface area contributed by atoms with Crippen molar-refractivity contribution in [2.24, 2.45) is 0 Å². The van der Waals surface area contributed by atoms with Gasteiger partial charge in [-0.05, 0) is 38.8 Å². The van der Waals surface area contributed by atoms with Crippen molar-refractivity contribution in [3.8, 4) is 5.75 Å². The normalized spacial score (nSPS) is 16.9. The van der Waals surface area contributed by atoms with Crippen LogP contribution in [-0.2, 0) is 4.79 Å². The Balaban J connectivity index is 2.39. The lowest BCUT2D eigenvalue weighted by molar-refractivity contribution is -0.132. The molecule has 3 nitrogen and oxygen atoms in total. The average molecular weight is 296 g/mol. The van der Waals surface area contributed by atoms with Gasteiger partial charge in [-0.25, -0.2) is 0 Å². The topological polar surface area (TPSA) is 29.5 Å². The lowest BCUT2D eigenvalue weighted by Gasteiger charge is -2.39. The van der Waals surface area contributed by atoms with Gasteiger partial charge in [-0.1, -0.05) is 31.4 Å². The fourth-order valence-corrected chi connectivity index (χ4v) is 2.59. The molecule has 20 heavy (non-hydrogen) atoms. The molecule has 0 aromatic heterocycles. The monoisotopic (exact) mass is 295 g/mol. The number of hydrogen-bond donors (Lipinski definition) is 0. The molecule has 2 rings (SSSR count). The van der Waals surface area contributed by atoms with Crippen LogP contribution in [0.1, 0.15) is 45.6 Å². The van der Waals surface area contributed by atoms with E-state index in [1.807, 2.05) is 24.0 Å². The number of ether oxygens (including phenoxy) is 1. The molecule has 1 heterocycles. The molecule has 0 unspecified atom stereocenters. The van der Waals surface area contributed by atoms with Gasteiger partial charge in [0, 0.05) is 17.6 Å². The largest absolute Gasteiger partial charge is 0.476 e. The highest BCUT2D eigenvalue weighted by molar-refractivity contribution is 6.31. The molecular weight excluding hydrogens is 274 g/mol. The fourth-order valence-electron chi connectivity index (χ4n) is 2.44. The quantitative estimate of drug-likeness (QED) is 0.773. The summed E-state index contributed by atoms with van der Waals surface area (Å²) in [5.41, 5.74) is 0.965. The van der Waals surface area contributed by atoms with E-state index in [9.17, 15) is 4.79 Å². The maximum Gasteiger partial charge on any atom is 0.270 e. The van der Waals surface area contributed by atoms with Gasteiger partial charge in [-0.15, -0.1) is 0 Å². The van der Waals surface area contributed by atoms with Crippen LogP contribution in [0.25, 0.3) is 0 Å². The van der Waals surface area contributed by atoms with Gasteiger partial charge in [0.2, 0.25) is 0 Å². The standard InChI is InChI=1S/C16H22ClNO2/c1-5-6-7-8-18-13-9-11(2)12(17)10-14(13)20-16(3,4)15(18)19/h9-10H,5-8H2,1-4H3. The highest BCUT2D eigenvalue weighted by Crippen LogP contribution is 2.40. The van der Waals surface area contributed by atoms with Crippen LogP contribution in [-0.4, -0.2) is 18.1 Å². The smallest absolute Gasteiger partial charge is 0.270 e. The second-order valence-corrected chi connectivity index (χ2v) is 6.25. The molecule has 0 saturated heterocycles. The van der Waals surface area contributed by atoms with Gasteiger partial charge in [0.15, 0.2) is 5.60 Å². The number of hydrogen-bond acceptors (Lipinski definition) is 2. The van der Waals surface area contributed by atoms with Gasteiger partial charge < -0.3 is 9.64 Å². The molecule has 1 amide bonds. The maximum atomic E-state index is 12.6. The first-order chi connectivity index (χ1) is 9.36. The third-order valence-corrected chi connectivity index (χ3v) is 4.05. The van der Waals surface area contributed by atoms with Crippen LogP contribution in [0.4, 0.5) is 5.69 Å². The molecule has 1 aliphatic heterocycles. The molecule has 0 saturated carbocycles. The Bertz CT molecular complexity index is 525. The van der Waals surface area contributed by atoms with Crippen LogP contribution >= 0.6 is 11.6 Å². The van der Waals surface area contributed by atoms with E-state index in [-0.39, 0.29) is 5.91 Å². The Morgan fingerprint density at radius 3 is 2.65 bits per heavy atom. The Labute approximate surface area is 125 Å². The third-order valence-electron chi connectivity index (χ3n) is 3.64. The number of benzene rings is 1. The molecule has 4 heteroatoms. The van der Waals surface area contributed by atoms with Gasteiger partial charge in [0.05, 0.1) is 5.69 Å². The van der Waals surface area contributed by atoms with Crippen molar-refractivity contribution in [2.45, 2.75) is 52.6 Å². The van der Waals surface area contributed by atoms with Gasteiger partial charge >= 0.3 is 0 Å². The van der Waals surface area contributed by atoms with Crippen LogP contribution in [0.3, 0.4) is 0 Å². The molecule has 1 aromatic carbocycles. The first kappa shape index (κ1) is 15.2. The van der Waals surface area contributed by atoms with E-state index in [1.54, 1.807) is 13.8 Å². The minimum absolute atomic E-state index is 0.0165. The van der Waals surface area contributed by atoms with Crippen LogP contribution in [0, 0.1) is 6.92 Å². The van der Waals surface area contributed by atoms with Crippen molar-refractivity contribution in [1.29, 1.82) is 0 Å². The summed E-state index contributed by atoms with van der Waals surface area (Å²) in [6.45, 7) is 8.44. The summed E-state index contributed by atoms with van der Waals surface area (Å²) >= 11 is 6.17.